The molecule has 1 aliphatic heterocycles. The Morgan fingerprint density at radius 3 is 3.00 bits per heavy atom. The summed E-state index contributed by atoms with van der Waals surface area (Å²) in [5.41, 5.74) is 2.12. The van der Waals surface area contributed by atoms with E-state index in [4.69, 9.17) is 4.74 Å². The first-order chi connectivity index (χ1) is 9.50. The number of hydrogen-bond donors (Lipinski definition) is 1. The lowest BCUT2D eigenvalue weighted by molar-refractivity contribution is 0.0661. The average Bonchev–Trinajstić information content (AvgIpc) is 2.84. The zero-order valence-electron chi connectivity index (χ0n) is 12.7. The van der Waals surface area contributed by atoms with Gasteiger partial charge in [0.25, 0.3) is 0 Å². The minimum Gasteiger partial charge on any atom is -0.448 e. The Bertz CT molecular complexity index is 456. The Hall–Kier alpha value is -1.56. The van der Waals surface area contributed by atoms with E-state index in [1.807, 2.05) is 23.9 Å². The number of hydrogen-bond acceptors (Lipinski definition) is 4. The molecular weight excluding hydrogens is 256 g/mol. The number of imidazole rings is 1. The first-order valence-electron chi connectivity index (χ1n) is 7.11. The van der Waals surface area contributed by atoms with Crippen LogP contribution in [0.15, 0.2) is 6.33 Å². The first-order valence-corrected chi connectivity index (χ1v) is 7.11. The van der Waals surface area contributed by atoms with Gasteiger partial charge in [-0.3, -0.25) is 4.90 Å². The van der Waals surface area contributed by atoms with Crippen LogP contribution in [0.25, 0.3) is 0 Å². The summed E-state index contributed by atoms with van der Waals surface area (Å²) in [7, 11) is 3.92. The lowest BCUT2D eigenvalue weighted by Gasteiger charge is -2.36. The van der Waals surface area contributed by atoms with E-state index >= 15 is 0 Å². The van der Waals surface area contributed by atoms with Gasteiger partial charge in [-0.1, -0.05) is 13.8 Å². The molecule has 0 saturated heterocycles. The van der Waals surface area contributed by atoms with E-state index in [0.29, 0.717) is 19.1 Å². The van der Waals surface area contributed by atoms with Crippen LogP contribution < -0.4 is 0 Å². The molecule has 0 saturated carbocycles. The van der Waals surface area contributed by atoms with E-state index in [-0.39, 0.29) is 12.1 Å². The monoisotopic (exact) mass is 280 g/mol. The van der Waals surface area contributed by atoms with Crippen molar-refractivity contribution >= 4 is 6.09 Å². The largest absolute Gasteiger partial charge is 0.448 e. The normalized spacial score (nSPS) is 18.5. The van der Waals surface area contributed by atoms with Gasteiger partial charge in [-0.05, 0) is 20.0 Å². The van der Waals surface area contributed by atoms with Crippen molar-refractivity contribution in [3.63, 3.8) is 0 Å². The maximum atomic E-state index is 12.3. The van der Waals surface area contributed by atoms with Crippen LogP contribution in [0.1, 0.15) is 31.3 Å². The summed E-state index contributed by atoms with van der Waals surface area (Å²) in [6, 6.07) is -0.00291. The van der Waals surface area contributed by atoms with Crippen molar-refractivity contribution in [1.82, 2.24) is 19.8 Å². The molecule has 0 fully saturated rings. The molecular formula is C14H24N4O2. The minimum atomic E-state index is -0.237. The quantitative estimate of drug-likeness (QED) is 0.911. The second kappa shape index (κ2) is 6.26. The molecule has 1 aliphatic rings. The van der Waals surface area contributed by atoms with Gasteiger partial charge in [0.1, 0.15) is 6.61 Å². The van der Waals surface area contributed by atoms with Crippen LogP contribution in [0, 0.1) is 5.92 Å². The number of amides is 1. The number of rotatable bonds is 4. The van der Waals surface area contributed by atoms with Crippen LogP contribution in [-0.2, 0) is 11.2 Å². The Morgan fingerprint density at radius 2 is 2.35 bits per heavy atom. The zero-order valence-corrected chi connectivity index (χ0v) is 12.7. The van der Waals surface area contributed by atoms with Crippen LogP contribution in [0.3, 0.4) is 0 Å². The number of ether oxygens (including phenoxy) is 1. The number of nitrogens with zero attached hydrogens (tertiary/aromatic N) is 3. The van der Waals surface area contributed by atoms with Crippen LogP contribution in [0.5, 0.6) is 0 Å². The summed E-state index contributed by atoms with van der Waals surface area (Å²) in [5.74, 6) is 0.304. The van der Waals surface area contributed by atoms with Gasteiger partial charge >= 0.3 is 6.09 Å². The second-order valence-electron chi connectivity index (χ2n) is 5.82. The molecule has 2 rings (SSSR count). The molecule has 6 heteroatoms. The predicted molar refractivity (Wildman–Crippen MR) is 76.5 cm³/mol. The first kappa shape index (κ1) is 14.8. The van der Waals surface area contributed by atoms with Crippen molar-refractivity contribution in [3.8, 4) is 0 Å². The predicted octanol–water partition coefficient (Wildman–Crippen LogP) is 1.66. The highest BCUT2D eigenvalue weighted by molar-refractivity contribution is 5.68. The SMILES string of the molecule is CC(C)C1c2nc[nH]c2CCN1C(=O)OCCN(C)C. The van der Waals surface area contributed by atoms with E-state index in [1.165, 1.54) is 0 Å². The van der Waals surface area contributed by atoms with Gasteiger partial charge in [0, 0.05) is 25.2 Å². The summed E-state index contributed by atoms with van der Waals surface area (Å²) in [4.78, 5) is 23.6. The fraction of sp³-hybridized carbons (Fsp3) is 0.714. The van der Waals surface area contributed by atoms with Gasteiger partial charge in [0.15, 0.2) is 0 Å². The molecule has 1 atom stereocenters. The van der Waals surface area contributed by atoms with E-state index in [9.17, 15) is 4.79 Å². The Labute approximate surface area is 120 Å². The highest BCUT2D eigenvalue weighted by Crippen LogP contribution is 2.33. The van der Waals surface area contributed by atoms with Crippen molar-refractivity contribution in [1.29, 1.82) is 0 Å². The highest BCUT2D eigenvalue weighted by Gasteiger charge is 2.35. The van der Waals surface area contributed by atoms with Gasteiger partial charge in [-0.15, -0.1) is 0 Å². The third kappa shape index (κ3) is 3.12. The molecule has 6 nitrogen and oxygen atoms in total. The maximum absolute atomic E-state index is 12.3. The molecule has 1 aromatic rings. The molecule has 1 unspecified atom stereocenters. The molecule has 0 radical (unpaired) electrons. The summed E-state index contributed by atoms with van der Waals surface area (Å²) >= 11 is 0. The lowest BCUT2D eigenvalue weighted by Crippen LogP contribution is -2.43. The molecule has 112 valence electrons. The third-order valence-electron chi connectivity index (χ3n) is 3.60. The fourth-order valence-electron chi connectivity index (χ4n) is 2.58. The maximum Gasteiger partial charge on any atom is 0.410 e. The lowest BCUT2D eigenvalue weighted by atomic mass is 9.94. The Kier molecular flexibility index (Phi) is 4.65. The average molecular weight is 280 g/mol. The van der Waals surface area contributed by atoms with E-state index < -0.39 is 0 Å². The van der Waals surface area contributed by atoms with Crippen LogP contribution in [0.4, 0.5) is 4.79 Å². The number of aromatic nitrogens is 2. The summed E-state index contributed by atoms with van der Waals surface area (Å²) in [6.07, 6.45) is 2.28. The minimum absolute atomic E-state index is 0.00291. The third-order valence-corrected chi connectivity index (χ3v) is 3.60. The van der Waals surface area contributed by atoms with Crippen LogP contribution in [0.2, 0.25) is 0 Å². The van der Waals surface area contributed by atoms with Crippen molar-refractivity contribution < 1.29 is 9.53 Å². The summed E-state index contributed by atoms with van der Waals surface area (Å²) in [6.45, 7) is 6.04. The fourth-order valence-corrected chi connectivity index (χ4v) is 2.58. The molecule has 1 amide bonds. The van der Waals surface area contributed by atoms with Gasteiger partial charge in [-0.2, -0.15) is 0 Å². The number of aromatic amines is 1. The van der Waals surface area contributed by atoms with E-state index in [2.05, 4.69) is 23.8 Å². The van der Waals surface area contributed by atoms with Crippen LogP contribution in [-0.4, -0.2) is 59.7 Å². The zero-order chi connectivity index (χ0) is 14.7. The molecule has 1 aromatic heterocycles. The number of nitrogens with one attached hydrogen (secondary N) is 1. The smallest absolute Gasteiger partial charge is 0.410 e. The van der Waals surface area contributed by atoms with Crippen LogP contribution >= 0.6 is 0 Å². The van der Waals surface area contributed by atoms with Gasteiger partial charge in [-0.25, -0.2) is 9.78 Å². The molecule has 0 aliphatic carbocycles. The molecule has 0 aromatic carbocycles. The number of H-pyrrole nitrogens is 1. The summed E-state index contributed by atoms with van der Waals surface area (Å²) in [5, 5.41) is 0. The van der Waals surface area contributed by atoms with Crippen molar-refractivity contribution in [3.05, 3.63) is 17.7 Å². The van der Waals surface area contributed by atoms with Gasteiger partial charge in [0.2, 0.25) is 0 Å². The highest BCUT2D eigenvalue weighted by atomic mass is 16.6. The molecule has 0 spiro atoms. The Morgan fingerprint density at radius 1 is 1.60 bits per heavy atom. The summed E-state index contributed by atoms with van der Waals surface area (Å²) < 4.78 is 5.37. The second-order valence-corrected chi connectivity index (χ2v) is 5.82. The van der Waals surface area contributed by atoms with E-state index in [1.54, 1.807) is 6.33 Å². The molecule has 2 heterocycles. The molecule has 1 N–H and O–H groups in total. The number of likely N-dealkylation sites (N-methyl/N-ethyl adjacent to an activating group) is 1. The number of carbonyl (C=O) groups is 1. The van der Waals surface area contributed by atoms with Crippen molar-refractivity contribution in [2.75, 3.05) is 33.8 Å². The van der Waals surface area contributed by atoms with Crippen molar-refractivity contribution in [2.24, 2.45) is 5.92 Å². The Balaban J connectivity index is 2.05. The van der Waals surface area contributed by atoms with E-state index in [0.717, 1.165) is 24.4 Å². The van der Waals surface area contributed by atoms with Gasteiger partial charge in [0.05, 0.1) is 18.1 Å². The number of fused-ring (bicyclic) bond motifs is 1. The molecule has 0 bridgehead atoms. The molecule has 20 heavy (non-hydrogen) atoms. The number of carbonyl (C=O) groups excluding carboxylic acids is 1. The van der Waals surface area contributed by atoms with Gasteiger partial charge < -0.3 is 14.6 Å². The van der Waals surface area contributed by atoms with Crippen molar-refractivity contribution in [2.45, 2.75) is 26.3 Å². The standard InChI is InChI=1S/C14H24N4O2/c1-10(2)13-12-11(15-9-16-12)5-6-18(13)14(19)20-8-7-17(3)4/h9-10,13H,5-8H2,1-4H3,(H,15,16). The topological polar surface area (TPSA) is 61.5 Å².